The summed E-state index contributed by atoms with van der Waals surface area (Å²) in [6, 6.07) is 5.58. The van der Waals surface area contributed by atoms with Crippen LogP contribution in [0.15, 0.2) is 22.7 Å². The highest BCUT2D eigenvalue weighted by Crippen LogP contribution is 2.22. The first-order valence-electron chi connectivity index (χ1n) is 7.87. The number of amides is 2. The number of anilines is 1. The topological polar surface area (TPSA) is 87.7 Å². The van der Waals surface area contributed by atoms with E-state index in [2.05, 4.69) is 26.6 Å². The second-order valence-corrected chi connectivity index (χ2v) is 7.27. The lowest BCUT2D eigenvalue weighted by molar-refractivity contribution is -0.116. The normalized spacial score (nSPS) is 11.0. The summed E-state index contributed by atoms with van der Waals surface area (Å²) in [4.78, 5) is 23.5. The maximum Gasteiger partial charge on any atom is 0.407 e. The van der Waals surface area contributed by atoms with E-state index >= 15 is 0 Å². The molecule has 0 saturated heterocycles. The van der Waals surface area contributed by atoms with Crippen molar-refractivity contribution in [3.05, 3.63) is 28.2 Å². The number of benzene rings is 1. The van der Waals surface area contributed by atoms with Gasteiger partial charge >= 0.3 is 6.09 Å². The number of ether oxygens (including phenoxy) is 1. The van der Waals surface area contributed by atoms with Crippen LogP contribution in [0.5, 0.6) is 0 Å². The highest BCUT2D eigenvalue weighted by Gasteiger charge is 2.16. The number of hydrogen-bond donors (Lipinski definition) is 3. The molecule has 0 unspecified atom stereocenters. The molecule has 0 atom stereocenters. The summed E-state index contributed by atoms with van der Waals surface area (Å²) >= 11 is 3.40. The number of carbonyl (C=O) groups is 2. The summed E-state index contributed by atoms with van der Waals surface area (Å²) in [5.41, 5.74) is 1.10. The minimum atomic E-state index is -0.564. The molecule has 0 aliphatic heterocycles. The van der Waals surface area contributed by atoms with Gasteiger partial charge in [-0.05, 0) is 57.4 Å². The summed E-state index contributed by atoms with van der Waals surface area (Å²) in [5, 5.41) is 14.4. The average molecular weight is 401 g/mol. The van der Waals surface area contributed by atoms with Crippen molar-refractivity contribution in [3.63, 3.8) is 0 Å². The van der Waals surface area contributed by atoms with Crippen LogP contribution < -0.4 is 10.6 Å². The summed E-state index contributed by atoms with van der Waals surface area (Å²) in [5.74, 6) is -0.196. The van der Waals surface area contributed by atoms with Gasteiger partial charge < -0.3 is 20.5 Å². The van der Waals surface area contributed by atoms with E-state index in [9.17, 15) is 9.59 Å². The van der Waals surface area contributed by atoms with Crippen LogP contribution in [0.3, 0.4) is 0 Å². The molecule has 1 rings (SSSR count). The molecule has 0 heterocycles. The van der Waals surface area contributed by atoms with Gasteiger partial charge in [-0.25, -0.2) is 4.79 Å². The van der Waals surface area contributed by atoms with Crippen molar-refractivity contribution in [2.75, 3.05) is 18.5 Å². The Morgan fingerprint density at radius 1 is 1.29 bits per heavy atom. The van der Waals surface area contributed by atoms with Crippen molar-refractivity contribution in [2.24, 2.45) is 0 Å². The minimum Gasteiger partial charge on any atom is -0.444 e. The van der Waals surface area contributed by atoms with Gasteiger partial charge in [-0.2, -0.15) is 0 Å². The van der Waals surface area contributed by atoms with E-state index in [1.54, 1.807) is 20.8 Å². The van der Waals surface area contributed by atoms with Gasteiger partial charge in [0.1, 0.15) is 5.60 Å². The molecule has 0 fully saturated rings. The fraction of sp³-hybridized carbons (Fsp3) is 0.529. The van der Waals surface area contributed by atoms with Crippen LogP contribution in [-0.4, -0.2) is 35.9 Å². The molecule has 2 amide bonds. The summed E-state index contributed by atoms with van der Waals surface area (Å²) in [7, 11) is 0. The Morgan fingerprint density at radius 3 is 2.62 bits per heavy atom. The van der Waals surface area contributed by atoms with E-state index in [-0.39, 0.29) is 25.5 Å². The first-order valence-corrected chi connectivity index (χ1v) is 8.66. The highest BCUT2D eigenvalue weighted by molar-refractivity contribution is 9.10. The van der Waals surface area contributed by atoms with Gasteiger partial charge in [0.2, 0.25) is 5.91 Å². The van der Waals surface area contributed by atoms with Crippen LogP contribution in [0, 0.1) is 0 Å². The van der Waals surface area contributed by atoms with Crippen molar-refractivity contribution >= 4 is 33.6 Å². The number of aliphatic hydroxyl groups excluding tert-OH is 1. The van der Waals surface area contributed by atoms with E-state index in [4.69, 9.17) is 9.84 Å². The third-order valence-electron chi connectivity index (χ3n) is 2.97. The van der Waals surface area contributed by atoms with Crippen LogP contribution in [-0.2, 0) is 16.0 Å². The molecule has 3 N–H and O–H groups in total. The molecular formula is C17H25BrN2O4. The van der Waals surface area contributed by atoms with Crippen molar-refractivity contribution in [1.29, 1.82) is 0 Å². The zero-order valence-electron chi connectivity index (χ0n) is 14.3. The Kier molecular flexibility index (Phi) is 8.21. The van der Waals surface area contributed by atoms with Gasteiger partial charge in [-0.1, -0.05) is 15.9 Å². The summed E-state index contributed by atoms with van der Waals surface area (Å²) in [6.45, 7) is 5.63. The molecule has 7 heteroatoms. The van der Waals surface area contributed by atoms with Crippen molar-refractivity contribution in [1.82, 2.24) is 5.32 Å². The molecule has 6 nitrogen and oxygen atoms in total. The van der Waals surface area contributed by atoms with Crippen LogP contribution in [0.25, 0.3) is 0 Å². The lowest BCUT2D eigenvalue weighted by Gasteiger charge is -2.19. The molecule has 0 saturated carbocycles. The Morgan fingerprint density at radius 2 is 2.00 bits per heavy atom. The van der Waals surface area contributed by atoms with Gasteiger partial charge in [0.05, 0.1) is 0 Å². The van der Waals surface area contributed by atoms with Gasteiger partial charge in [-0.3, -0.25) is 4.79 Å². The third kappa shape index (κ3) is 8.31. The lowest BCUT2D eigenvalue weighted by Crippen LogP contribution is -2.34. The van der Waals surface area contributed by atoms with Crippen LogP contribution in [0.4, 0.5) is 10.5 Å². The highest BCUT2D eigenvalue weighted by atomic mass is 79.9. The van der Waals surface area contributed by atoms with Crippen LogP contribution >= 0.6 is 15.9 Å². The summed E-state index contributed by atoms with van der Waals surface area (Å²) < 4.78 is 6.02. The average Bonchev–Trinajstić information content (AvgIpc) is 2.45. The number of aryl methyl sites for hydroxylation is 1. The second-order valence-electron chi connectivity index (χ2n) is 6.36. The number of carbonyl (C=O) groups excluding carboxylic acids is 2. The number of rotatable bonds is 7. The van der Waals surface area contributed by atoms with Gasteiger partial charge in [0, 0.05) is 29.7 Å². The van der Waals surface area contributed by atoms with E-state index in [0.29, 0.717) is 18.5 Å². The van der Waals surface area contributed by atoms with E-state index in [1.165, 1.54) is 0 Å². The maximum atomic E-state index is 12.0. The third-order valence-corrected chi connectivity index (χ3v) is 3.46. The second kappa shape index (κ2) is 9.64. The molecule has 1 aromatic rings. The van der Waals surface area contributed by atoms with E-state index in [1.807, 2.05) is 18.2 Å². The molecule has 134 valence electrons. The monoisotopic (exact) mass is 400 g/mol. The smallest absolute Gasteiger partial charge is 0.407 e. The zero-order valence-corrected chi connectivity index (χ0v) is 15.9. The predicted octanol–water partition coefficient (Wildman–Crippen LogP) is 3.23. The molecule has 0 radical (unpaired) electrons. The number of nitrogens with one attached hydrogen (secondary N) is 2. The van der Waals surface area contributed by atoms with Gasteiger partial charge in [0.15, 0.2) is 0 Å². The largest absolute Gasteiger partial charge is 0.444 e. The molecule has 0 bridgehead atoms. The quantitative estimate of drug-likeness (QED) is 0.655. The Bertz CT molecular complexity index is 570. The van der Waals surface area contributed by atoms with Crippen molar-refractivity contribution in [2.45, 2.75) is 45.6 Å². The Balaban J connectivity index is 2.49. The summed E-state index contributed by atoms with van der Waals surface area (Å²) in [6.07, 6.45) is 0.901. The first kappa shape index (κ1) is 20.4. The van der Waals surface area contributed by atoms with Crippen molar-refractivity contribution < 1.29 is 19.4 Å². The molecular weight excluding hydrogens is 376 g/mol. The zero-order chi connectivity index (χ0) is 18.2. The Hall–Kier alpha value is -1.60. The van der Waals surface area contributed by atoms with Crippen LogP contribution in [0.1, 0.15) is 39.2 Å². The maximum absolute atomic E-state index is 12.0. The molecule has 24 heavy (non-hydrogen) atoms. The molecule has 0 aromatic heterocycles. The van der Waals surface area contributed by atoms with Crippen LogP contribution in [0.2, 0.25) is 0 Å². The molecule has 0 spiro atoms. The molecule has 0 aliphatic rings. The lowest BCUT2D eigenvalue weighted by atomic mass is 10.1. The van der Waals surface area contributed by atoms with Gasteiger partial charge in [0.25, 0.3) is 0 Å². The molecule has 0 aliphatic carbocycles. The van der Waals surface area contributed by atoms with Gasteiger partial charge in [-0.15, -0.1) is 0 Å². The SMILES string of the molecule is CC(C)(C)OC(=O)NCCC(=O)Nc1ccc(Br)cc1CCCO. The fourth-order valence-electron chi connectivity index (χ4n) is 1.97. The van der Waals surface area contributed by atoms with E-state index in [0.717, 1.165) is 10.0 Å². The first-order chi connectivity index (χ1) is 11.2. The van der Waals surface area contributed by atoms with E-state index < -0.39 is 11.7 Å². The van der Waals surface area contributed by atoms with Crippen molar-refractivity contribution in [3.8, 4) is 0 Å². The number of hydrogen-bond acceptors (Lipinski definition) is 4. The number of halogens is 1. The number of alkyl carbamates (subject to hydrolysis) is 1. The fourth-order valence-corrected chi connectivity index (χ4v) is 2.37. The Labute approximate surface area is 151 Å². The standard InChI is InChI=1S/C17H25BrN2O4/c1-17(2,3)24-16(23)19-9-8-15(22)20-14-7-6-13(18)11-12(14)5-4-10-21/h6-7,11,21H,4-5,8-10H2,1-3H3,(H,19,23)(H,20,22). The predicted molar refractivity (Wildman–Crippen MR) is 97.0 cm³/mol. The molecule has 1 aromatic carbocycles. The minimum absolute atomic E-state index is 0.0969. The number of aliphatic hydroxyl groups is 1.